The summed E-state index contributed by atoms with van der Waals surface area (Å²) in [4.78, 5) is 59.2. The molecule has 0 bridgehead atoms. The standard InChI is InChI=1S/C29H19N3.C23H13Br2N3.C23H13BrIN3.C23H13BrN4O2/c1-2-10-18(11-3-1)26-25(23-16-8-9-17-24(23)30-26)29-31-27-21-14-6-4-12-19(21)20-13-5-7-15-22(20)28(27)32-29;24-12-5-7-15-14-3-1-2-4-16(14)21-22(18(15)10-12)28-23(27-21)19-11-26-20-8-6-13(25)9-17(19)20;24-12-5-8-20-17(9-12)19(11-26-20)23-27-21-16-4-2-1-3-14(16)15-7-6-13(25)10-18(15)22(21)28-23;24-12-5-8-20-17(9-12)19(11-25-20)23-26-21-16-4-2-1-3-14(16)15-7-6-13(28(29)30)10-18(15)22(21)27-23/h1-17,30H,(H,31,32);2*1-11,26H,(H,27,28);1-11,25H,(H,26,27). The number of benzene rings is 17. The molecule has 0 radical (unpaired) electrons. The zero-order valence-corrected chi connectivity index (χ0v) is 70.3. The summed E-state index contributed by atoms with van der Waals surface area (Å²) in [6.07, 6.45) is 5.99. The maximum atomic E-state index is 11.4. The van der Waals surface area contributed by atoms with Gasteiger partial charge in [-0.25, -0.2) is 19.9 Å². The van der Waals surface area contributed by atoms with Crippen molar-refractivity contribution in [2.45, 2.75) is 0 Å². The highest BCUT2D eigenvalue weighted by Crippen LogP contribution is 2.45. The Labute approximate surface area is 716 Å². The molecule has 0 unspecified atom stereocenters. The number of nitrogens with one attached hydrogen (secondary N) is 8. The van der Waals surface area contributed by atoms with Crippen LogP contribution in [0.25, 0.3) is 231 Å². The van der Waals surface area contributed by atoms with E-state index < -0.39 is 0 Å². The Morgan fingerprint density at radius 3 is 1.05 bits per heavy atom. The van der Waals surface area contributed by atoms with Crippen molar-refractivity contribution in [1.82, 2.24) is 59.8 Å². The summed E-state index contributed by atoms with van der Waals surface area (Å²) >= 11 is 16.7. The lowest BCUT2D eigenvalue weighted by molar-refractivity contribution is -0.384. The molecule has 17 aromatic carbocycles. The number of nitro groups is 1. The number of aromatic nitrogens is 12. The van der Waals surface area contributed by atoms with Gasteiger partial charge in [0.25, 0.3) is 5.69 Å². The fourth-order valence-electron chi connectivity index (χ4n) is 17.3. The number of rotatable bonds is 6. The predicted molar refractivity (Wildman–Crippen MR) is 509 cm³/mol. The van der Waals surface area contributed by atoms with Crippen LogP contribution in [0, 0.1) is 13.7 Å². The topological polar surface area (TPSA) is 221 Å². The number of H-pyrrole nitrogens is 8. The highest BCUT2D eigenvalue weighted by Gasteiger charge is 2.24. The third-order valence-corrected chi connectivity index (χ3v) is 25.2. The van der Waals surface area contributed by atoms with Gasteiger partial charge in [-0.2, -0.15) is 0 Å². The van der Waals surface area contributed by atoms with Crippen molar-refractivity contribution in [2.24, 2.45) is 0 Å². The Morgan fingerprint density at radius 1 is 0.280 bits per heavy atom. The minimum absolute atomic E-state index is 0.0552. The molecule has 0 aliphatic carbocycles. The van der Waals surface area contributed by atoms with Gasteiger partial charge in [-0.15, -0.1) is 0 Å². The Balaban J connectivity index is 0.0000000951. The molecular weight excluding hydrogens is 1840 g/mol. The Bertz CT molecular complexity index is 8180. The second-order valence-corrected chi connectivity index (χ2v) is 34.2. The largest absolute Gasteiger partial charge is 0.360 e. The molecule has 0 spiro atoms. The molecule has 25 aromatic rings. The second-order valence-electron chi connectivity index (χ2n) is 29.3. The first kappa shape index (κ1) is 71.5. The predicted octanol–water partition coefficient (Wildman–Crippen LogP) is 29.3. The number of non-ortho nitro benzene ring substituents is 1. The van der Waals surface area contributed by atoms with Gasteiger partial charge in [0.15, 0.2) is 0 Å². The maximum absolute atomic E-state index is 11.4. The number of nitro benzene ring substituents is 1. The fourth-order valence-corrected chi connectivity index (χ4v) is 19.2. The molecule has 20 heteroatoms. The number of hydrogen-bond acceptors (Lipinski definition) is 6. The van der Waals surface area contributed by atoms with Gasteiger partial charge in [-0.05, 0) is 162 Å². The SMILES string of the molecule is Brc1ccc2[nH]cc(-c3nc4c5cc(Br)ccc5c5ccccc5c4[nH]3)c2c1.Brc1ccc2[nH]cc(-c3nc4c5cc(I)ccc5c5ccccc5c4[nH]3)c2c1.O=[N+]([O-])c1ccc2c3ccccc3c3[nH]c(-c4c[nH]c5ccc(Br)cc45)nc3c2c1.c1ccc(-c2[nH]c3ccccc3c2-c2nc3c4ccccc4c4ccccc4c3[nH]2)cc1. The van der Waals surface area contributed by atoms with Crippen LogP contribution in [0.1, 0.15) is 0 Å². The van der Waals surface area contributed by atoms with E-state index in [1.807, 2.05) is 79.3 Å². The molecule has 118 heavy (non-hydrogen) atoms. The molecule has 562 valence electrons. The summed E-state index contributed by atoms with van der Waals surface area (Å²) < 4.78 is 5.36. The molecule has 0 saturated carbocycles. The zero-order valence-electron chi connectivity index (χ0n) is 61.8. The quantitative estimate of drug-likeness (QED) is 0.0350. The molecule has 0 amide bonds. The lowest BCUT2D eigenvalue weighted by Gasteiger charge is -2.06. The van der Waals surface area contributed by atoms with Gasteiger partial charge >= 0.3 is 0 Å². The van der Waals surface area contributed by atoms with Gasteiger partial charge in [0.1, 0.15) is 23.3 Å². The Hall–Kier alpha value is -13.1. The van der Waals surface area contributed by atoms with E-state index in [1.54, 1.807) is 12.1 Å². The van der Waals surface area contributed by atoms with E-state index >= 15 is 0 Å². The molecule has 0 saturated heterocycles. The summed E-state index contributed by atoms with van der Waals surface area (Å²) in [6, 6.07) is 97.6. The second kappa shape index (κ2) is 28.7. The van der Waals surface area contributed by atoms with E-state index in [0.29, 0.717) is 0 Å². The summed E-state index contributed by atoms with van der Waals surface area (Å²) in [7, 11) is 0. The summed E-state index contributed by atoms with van der Waals surface area (Å²) in [5, 5.41) is 34.2. The summed E-state index contributed by atoms with van der Waals surface area (Å²) in [5.41, 5.74) is 18.7. The van der Waals surface area contributed by atoms with Gasteiger partial charge in [0, 0.05) is 156 Å². The van der Waals surface area contributed by atoms with Crippen molar-refractivity contribution >= 4 is 266 Å². The third kappa shape index (κ3) is 12.0. The van der Waals surface area contributed by atoms with Crippen LogP contribution in [0.4, 0.5) is 5.69 Å². The van der Waals surface area contributed by atoms with Crippen molar-refractivity contribution in [3.63, 3.8) is 0 Å². The average molecular weight is 1900 g/mol. The molecule has 0 aliphatic rings. The van der Waals surface area contributed by atoms with E-state index in [-0.39, 0.29) is 10.6 Å². The van der Waals surface area contributed by atoms with Crippen LogP contribution in [0.5, 0.6) is 0 Å². The number of hydrogen-bond donors (Lipinski definition) is 8. The Morgan fingerprint density at radius 2 is 0.602 bits per heavy atom. The molecule has 0 aliphatic heterocycles. The van der Waals surface area contributed by atoms with Gasteiger partial charge < -0.3 is 39.9 Å². The zero-order chi connectivity index (χ0) is 79.1. The minimum Gasteiger partial charge on any atom is -0.360 e. The molecule has 8 heterocycles. The highest BCUT2D eigenvalue weighted by atomic mass is 127. The smallest absolute Gasteiger partial charge is 0.270 e. The average Bonchev–Trinajstić information content (AvgIpc) is 1.55. The molecule has 8 N–H and O–H groups in total. The fraction of sp³-hybridized carbons (Fsp3) is 0. The van der Waals surface area contributed by atoms with E-state index in [0.717, 1.165) is 184 Å². The van der Waals surface area contributed by atoms with Crippen molar-refractivity contribution in [2.75, 3.05) is 0 Å². The molecule has 15 nitrogen and oxygen atoms in total. The van der Waals surface area contributed by atoms with E-state index in [4.69, 9.17) is 19.9 Å². The van der Waals surface area contributed by atoms with E-state index in [9.17, 15) is 10.1 Å². The lowest BCUT2D eigenvalue weighted by atomic mass is 9.99. The molecule has 0 atom stereocenters. The van der Waals surface area contributed by atoms with Crippen molar-refractivity contribution in [3.8, 4) is 56.8 Å². The third-order valence-electron chi connectivity index (χ3n) is 22.6. The normalized spacial score (nSPS) is 11.8. The van der Waals surface area contributed by atoms with E-state index in [1.165, 1.54) is 68.2 Å². The maximum Gasteiger partial charge on any atom is 0.270 e. The first-order valence-corrected chi connectivity index (χ1v) is 42.4. The van der Waals surface area contributed by atoms with Gasteiger partial charge in [0.05, 0.1) is 60.3 Å². The van der Waals surface area contributed by atoms with E-state index in [2.05, 4.69) is 339 Å². The van der Waals surface area contributed by atoms with Crippen LogP contribution in [0.15, 0.2) is 322 Å². The first-order valence-electron chi connectivity index (χ1n) is 38.1. The van der Waals surface area contributed by atoms with Gasteiger partial charge in [0.2, 0.25) is 0 Å². The van der Waals surface area contributed by atoms with Crippen LogP contribution in [-0.4, -0.2) is 64.7 Å². The monoisotopic (exact) mass is 1890 g/mol. The lowest BCUT2D eigenvalue weighted by Crippen LogP contribution is -1.88. The van der Waals surface area contributed by atoms with Crippen LogP contribution in [0.3, 0.4) is 0 Å². The van der Waals surface area contributed by atoms with Crippen LogP contribution >= 0.6 is 86.3 Å². The number of halogens is 5. The molecule has 8 aromatic heterocycles. The van der Waals surface area contributed by atoms with Crippen LogP contribution in [0.2, 0.25) is 0 Å². The number of fused-ring (bicyclic) bond motifs is 28. The van der Waals surface area contributed by atoms with Gasteiger partial charge in [-0.1, -0.05) is 246 Å². The number of nitrogens with zero attached hydrogens (tertiary/aromatic N) is 5. The Kier molecular flexibility index (Phi) is 17.4. The number of aromatic amines is 8. The molecular formula is C98H58Br4IN13O2. The van der Waals surface area contributed by atoms with Gasteiger partial charge in [-0.3, -0.25) is 10.1 Å². The van der Waals surface area contributed by atoms with Crippen LogP contribution in [-0.2, 0) is 0 Å². The summed E-state index contributed by atoms with van der Waals surface area (Å²) in [5.74, 6) is 3.36. The number of para-hydroxylation sites is 1. The molecule has 25 rings (SSSR count). The van der Waals surface area contributed by atoms with Crippen LogP contribution < -0.4 is 0 Å². The van der Waals surface area contributed by atoms with Crippen molar-refractivity contribution in [3.05, 3.63) is 335 Å². The molecule has 0 fully saturated rings. The highest BCUT2D eigenvalue weighted by molar-refractivity contribution is 14.1. The van der Waals surface area contributed by atoms with Crippen molar-refractivity contribution < 1.29 is 4.92 Å². The minimum atomic E-state index is -0.370. The number of imidazole rings is 4. The van der Waals surface area contributed by atoms with Crippen molar-refractivity contribution in [1.29, 1.82) is 0 Å². The summed E-state index contributed by atoms with van der Waals surface area (Å²) in [6.45, 7) is 0. The first-order chi connectivity index (χ1) is 57.9.